The lowest BCUT2D eigenvalue weighted by Crippen LogP contribution is -2.27. The van der Waals surface area contributed by atoms with E-state index in [1.54, 1.807) is 0 Å². The van der Waals surface area contributed by atoms with Crippen LogP contribution in [0.1, 0.15) is 17.7 Å². The zero-order valence-electron chi connectivity index (χ0n) is 10.5. The molecule has 1 heterocycles. The van der Waals surface area contributed by atoms with Crippen molar-refractivity contribution in [2.45, 2.75) is 25.3 Å². The van der Waals surface area contributed by atoms with Crippen LogP contribution >= 0.6 is 0 Å². The Hall–Kier alpha value is -1.51. The van der Waals surface area contributed by atoms with Gasteiger partial charge in [0, 0.05) is 25.7 Å². The maximum absolute atomic E-state index is 12.5. The van der Waals surface area contributed by atoms with E-state index in [0.717, 1.165) is 17.0 Å². The lowest BCUT2D eigenvalue weighted by atomic mass is 10.2. The van der Waals surface area contributed by atoms with Gasteiger partial charge in [-0.05, 0) is 6.07 Å². The summed E-state index contributed by atoms with van der Waals surface area (Å²) in [6.07, 6.45) is -10.2. The van der Waals surface area contributed by atoms with Crippen LogP contribution in [-0.2, 0) is 12.7 Å². The Labute approximate surface area is 111 Å². The number of hydrogen-bond acceptors (Lipinski definition) is 3. The van der Waals surface area contributed by atoms with Gasteiger partial charge in [0.05, 0.1) is 6.42 Å². The fraction of sp³-hybridized carbons (Fsp3) is 0.545. The molecule has 0 spiro atoms. The van der Waals surface area contributed by atoms with Gasteiger partial charge in [-0.25, -0.2) is 4.98 Å². The van der Waals surface area contributed by atoms with Crippen LogP contribution in [0.15, 0.2) is 12.1 Å². The van der Waals surface area contributed by atoms with Gasteiger partial charge in [-0.15, -0.1) is 0 Å². The molecule has 0 aliphatic heterocycles. The molecule has 0 radical (unpaired) electrons. The Morgan fingerprint density at radius 3 is 2.20 bits per heavy atom. The van der Waals surface area contributed by atoms with Gasteiger partial charge in [-0.1, -0.05) is 6.07 Å². The number of hydrogen-bond donors (Lipinski definition) is 1. The molecule has 20 heavy (non-hydrogen) atoms. The number of halogens is 6. The van der Waals surface area contributed by atoms with Crippen LogP contribution in [0.4, 0.5) is 32.2 Å². The number of alkyl halides is 6. The predicted molar refractivity (Wildman–Crippen MR) is 61.1 cm³/mol. The first-order chi connectivity index (χ1) is 9.04. The second-order valence-corrected chi connectivity index (χ2v) is 4.17. The van der Waals surface area contributed by atoms with Crippen molar-refractivity contribution in [2.75, 3.05) is 18.5 Å². The average Bonchev–Trinajstić information content (AvgIpc) is 2.33. The number of pyridine rings is 1. The predicted octanol–water partition coefficient (Wildman–Crippen LogP) is 2.95. The first kappa shape index (κ1) is 16.5. The highest BCUT2D eigenvalue weighted by atomic mass is 19.4. The first-order valence-electron chi connectivity index (χ1n) is 5.59. The third kappa shape index (κ3) is 4.55. The Morgan fingerprint density at radius 1 is 1.15 bits per heavy atom. The average molecular weight is 301 g/mol. The fourth-order valence-electron chi connectivity index (χ4n) is 1.53. The lowest BCUT2D eigenvalue weighted by molar-refractivity contribution is -0.141. The smallest absolute Gasteiger partial charge is 0.359 e. The minimum Gasteiger partial charge on any atom is -0.359 e. The van der Waals surface area contributed by atoms with E-state index in [0.29, 0.717) is 0 Å². The molecule has 1 aromatic heterocycles. The zero-order chi connectivity index (χ0) is 15.6. The zero-order valence-corrected chi connectivity index (χ0v) is 10.5. The monoisotopic (exact) mass is 301 g/mol. The van der Waals surface area contributed by atoms with Crippen LogP contribution in [0.25, 0.3) is 0 Å². The molecule has 1 aromatic rings. The van der Waals surface area contributed by atoms with Crippen molar-refractivity contribution in [2.24, 2.45) is 5.73 Å². The Balaban J connectivity index is 3.01. The SMILES string of the molecule is CN(CCC(F)(F)F)c1nc(C(F)(F)F)ccc1CN. The summed E-state index contributed by atoms with van der Waals surface area (Å²) >= 11 is 0. The normalized spacial score (nSPS) is 12.6. The maximum atomic E-state index is 12.5. The van der Waals surface area contributed by atoms with E-state index in [4.69, 9.17) is 5.73 Å². The summed E-state index contributed by atoms with van der Waals surface area (Å²) in [4.78, 5) is 4.39. The molecular formula is C11H13F6N3. The molecule has 114 valence electrons. The van der Waals surface area contributed by atoms with Gasteiger partial charge < -0.3 is 10.6 Å². The van der Waals surface area contributed by atoms with Gasteiger partial charge in [-0.2, -0.15) is 26.3 Å². The van der Waals surface area contributed by atoms with Crippen LogP contribution in [0.5, 0.6) is 0 Å². The molecule has 3 nitrogen and oxygen atoms in total. The highest BCUT2D eigenvalue weighted by Crippen LogP contribution is 2.30. The summed E-state index contributed by atoms with van der Waals surface area (Å²) in [6, 6.07) is 1.87. The van der Waals surface area contributed by atoms with E-state index in [9.17, 15) is 26.3 Å². The largest absolute Gasteiger partial charge is 0.433 e. The van der Waals surface area contributed by atoms with Crippen molar-refractivity contribution in [1.82, 2.24) is 4.98 Å². The maximum Gasteiger partial charge on any atom is 0.433 e. The van der Waals surface area contributed by atoms with Gasteiger partial charge in [0.15, 0.2) is 0 Å². The van der Waals surface area contributed by atoms with Crippen LogP contribution in [0.2, 0.25) is 0 Å². The summed E-state index contributed by atoms with van der Waals surface area (Å²) in [6.45, 7) is -0.609. The molecular weight excluding hydrogens is 288 g/mol. The summed E-state index contributed by atoms with van der Waals surface area (Å²) in [5.41, 5.74) is 4.45. The molecule has 2 N–H and O–H groups in total. The molecule has 0 bridgehead atoms. The van der Waals surface area contributed by atoms with Crippen molar-refractivity contribution >= 4 is 5.82 Å². The molecule has 9 heteroatoms. The highest BCUT2D eigenvalue weighted by molar-refractivity contribution is 5.47. The van der Waals surface area contributed by atoms with E-state index in [1.807, 2.05) is 0 Å². The van der Waals surface area contributed by atoms with E-state index in [2.05, 4.69) is 4.98 Å². The van der Waals surface area contributed by atoms with E-state index < -0.39 is 31.0 Å². The highest BCUT2D eigenvalue weighted by Gasteiger charge is 2.33. The van der Waals surface area contributed by atoms with Gasteiger partial charge >= 0.3 is 12.4 Å². The molecule has 0 atom stereocenters. The Kier molecular flexibility index (Phi) is 4.85. The van der Waals surface area contributed by atoms with Crippen molar-refractivity contribution in [3.8, 4) is 0 Å². The van der Waals surface area contributed by atoms with Crippen molar-refractivity contribution < 1.29 is 26.3 Å². The third-order valence-corrected chi connectivity index (χ3v) is 2.56. The van der Waals surface area contributed by atoms with Crippen LogP contribution in [0.3, 0.4) is 0 Å². The van der Waals surface area contributed by atoms with Crippen LogP contribution < -0.4 is 10.6 Å². The van der Waals surface area contributed by atoms with E-state index in [-0.39, 0.29) is 17.9 Å². The van der Waals surface area contributed by atoms with Crippen LogP contribution in [-0.4, -0.2) is 24.8 Å². The van der Waals surface area contributed by atoms with Crippen molar-refractivity contribution in [3.05, 3.63) is 23.4 Å². The van der Waals surface area contributed by atoms with Gasteiger partial charge in [0.25, 0.3) is 0 Å². The molecule has 0 unspecified atom stereocenters. The van der Waals surface area contributed by atoms with Crippen LogP contribution in [0, 0.1) is 0 Å². The molecule has 0 saturated carbocycles. The summed E-state index contributed by atoms with van der Waals surface area (Å²) < 4.78 is 74.0. The molecule has 0 aromatic carbocycles. The number of aromatic nitrogens is 1. The van der Waals surface area contributed by atoms with E-state index in [1.165, 1.54) is 7.05 Å². The number of nitrogens with zero attached hydrogens (tertiary/aromatic N) is 2. The minimum atomic E-state index is -4.66. The van der Waals surface area contributed by atoms with Gasteiger partial charge in [0.2, 0.25) is 0 Å². The number of anilines is 1. The van der Waals surface area contributed by atoms with E-state index >= 15 is 0 Å². The molecule has 0 aliphatic carbocycles. The quantitative estimate of drug-likeness (QED) is 0.869. The second kappa shape index (κ2) is 5.86. The topological polar surface area (TPSA) is 42.2 Å². The lowest BCUT2D eigenvalue weighted by Gasteiger charge is -2.22. The first-order valence-corrected chi connectivity index (χ1v) is 5.59. The third-order valence-electron chi connectivity index (χ3n) is 2.56. The molecule has 0 aliphatic rings. The molecule has 1 rings (SSSR count). The van der Waals surface area contributed by atoms with Gasteiger partial charge in [0.1, 0.15) is 11.5 Å². The number of nitrogens with two attached hydrogens (primary N) is 1. The second-order valence-electron chi connectivity index (χ2n) is 4.17. The Bertz CT molecular complexity index is 454. The summed E-state index contributed by atoms with van der Waals surface area (Å²) in [7, 11) is 1.24. The molecule has 0 fully saturated rings. The minimum absolute atomic E-state index is 0.114. The van der Waals surface area contributed by atoms with Gasteiger partial charge in [-0.3, -0.25) is 0 Å². The summed E-state index contributed by atoms with van der Waals surface area (Å²) in [5.74, 6) is -0.188. The van der Waals surface area contributed by atoms with Crippen molar-refractivity contribution in [3.63, 3.8) is 0 Å². The molecule has 0 amide bonds. The standard InChI is InChI=1S/C11H13F6N3/c1-20(5-4-10(12,13)14)9-7(6-18)2-3-8(19-9)11(15,16)17/h2-3H,4-6,18H2,1H3. The van der Waals surface area contributed by atoms with Crippen molar-refractivity contribution in [1.29, 1.82) is 0 Å². The Morgan fingerprint density at radius 2 is 1.75 bits per heavy atom. The number of rotatable bonds is 4. The molecule has 0 saturated heterocycles. The summed E-state index contributed by atoms with van der Waals surface area (Å²) in [5, 5.41) is 0. The fourth-order valence-corrected chi connectivity index (χ4v) is 1.53.